The van der Waals surface area contributed by atoms with Crippen LogP contribution in [0.25, 0.3) is 0 Å². The van der Waals surface area contributed by atoms with Gasteiger partial charge >= 0.3 is 6.01 Å². The largest absolute Gasteiger partial charge is 0.463 e. The van der Waals surface area contributed by atoms with Crippen LogP contribution in [-0.4, -0.2) is 34.6 Å². The second-order valence-electron chi connectivity index (χ2n) is 6.33. The van der Waals surface area contributed by atoms with Crippen molar-refractivity contribution in [1.29, 1.82) is 0 Å². The molecule has 0 aromatic carbocycles. The molecule has 0 bridgehead atoms. The molecule has 0 saturated carbocycles. The van der Waals surface area contributed by atoms with Crippen molar-refractivity contribution in [2.45, 2.75) is 40.5 Å². The smallest absolute Gasteiger partial charge is 0.322 e. The lowest BCUT2D eigenvalue weighted by molar-refractivity contribution is 0.263. The van der Waals surface area contributed by atoms with Crippen LogP contribution in [0.15, 0.2) is 0 Å². The molecule has 1 aliphatic rings. The third kappa shape index (κ3) is 3.72. The number of rotatable bonds is 4. The standard InChI is InChI=1S/C14H23ClN4O/c1-5-8-20-13-17-11(15)16-12(18-13)19-7-6-10(9-19)14(2,3)4/h10H,5-9H2,1-4H3. The quantitative estimate of drug-likeness (QED) is 0.854. The topological polar surface area (TPSA) is 51.1 Å². The van der Waals surface area contributed by atoms with Crippen LogP contribution in [0.3, 0.4) is 0 Å². The van der Waals surface area contributed by atoms with Gasteiger partial charge in [-0.1, -0.05) is 27.7 Å². The normalized spacial score (nSPS) is 19.4. The number of anilines is 1. The highest BCUT2D eigenvalue weighted by Crippen LogP contribution is 2.35. The van der Waals surface area contributed by atoms with Crippen LogP contribution in [0, 0.1) is 11.3 Å². The lowest BCUT2D eigenvalue weighted by Gasteiger charge is -2.26. The molecular formula is C14H23ClN4O. The van der Waals surface area contributed by atoms with Crippen LogP contribution in [-0.2, 0) is 0 Å². The number of nitrogens with zero attached hydrogens (tertiary/aromatic N) is 4. The fraction of sp³-hybridized carbons (Fsp3) is 0.786. The number of ether oxygens (including phenoxy) is 1. The summed E-state index contributed by atoms with van der Waals surface area (Å²) < 4.78 is 5.46. The first kappa shape index (κ1) is 15.3. The Labute approximate surface area is 125 Å². The maximum Gasteiger partial charge on any atom is 0.322 e. The lowest BCUT2D eigenvalue weighted by atomic mass is 9.80. The van der Waals surface area contributed by atoms with E-state index in [9.17, 15) is 0 Å². The fourth-order valence-electron chi connectivity index (χ4n) is 2.37. The van der Waals surface area contributed by atoms with Gasteiger partial charge in [-0.15, -0.1) is 0 Å². The van der Waals surface area contributed by atoms with E-state index in [1.54, 1.807) is 0 Å². The van der Waals surface area contributed by atoms with Gasteiger partial charge in [0, 0.05) is 13.1 Å². The highest BCUT2D eigenvalue weighted by molar-refractivity contribution is 6.28. The van der Waals surface area contributed by atoms with Crippen molar-refractivity contribution in [2.75, 3.05) is 24.6 Å². The Morgan fingerprint density at radius 3 is 2.65 bits per heavy atom. The van der Waals surface area contributed by atoms with Crippen molar-refractivity contribution in [3.05, 3.63) is 5.28 Å². The molecule has 1 aromatic heterocycles. The van der Waals surface area contributed by atoms with E-state index in [1.165, 1.54) is 0 Å². The summed E-state index contributed by atoms with van der Waals surface area (Å²) in [6.07, 6.45) is 2.06. The summed E-state index contributed by atoms with van der Waals surface area (Å²) in [6, 6.07) is 0.320. The van der Waals surface area contributed by atoms with Crippen molar-refractivity contribution in [3.63, 3.8) is 0 Å². The third-order valence-electron chi connectivity index (χ3n) is 3.71. The zero-order valence-electron chi connectivity index (χ0n) is 12.7. The molecule has 0 N–H and O–H groups in total. The SMILES string of the molecule is CCCOc1nc(Cl)nc(N2CCC(C(C)(C)C)C2)n1. The summed E-state index contributed by atoms with van der Waals surface area (Å²) >= 11 is 5.96. The summed E-state index contributed by atoms with van der Waals surface area (Å²) in [5.41, 5.74) is 0.299. The van der Waals surface area contributed by atoms with Gasteiger partial charge in [0.25, 0.3) is 0 Å². The van der Waals surface area contributed by atoms with Crippen LogP contribution >= 0.6 is 11.6 Å². The van der Waals surface area contributed by atoms with E-state index in [-0.39, 0.29) is 5.28 Å². The minimum absolute atomic E-state index is 0.195. The molecule has 0 radical (unpaired) electrons. The Bertz CT molecular complexity index is 461. The predicted molar refractivity (Wildman–Crippen MR) is 80.4 cm³/mol. The fourth-order valence-corrected chi connectivity index (χ4v) is 2.52. The zero-order chi connectivity index (χ0) is 14.8. The van der Waals surface area contributed by atoms with Crippen molar-refractivity contribution in [1.82, 2.24) is 15.0 Å². The van der Waals surface area contributed by atoms with Crippen LogP contribution in [0.1, 0.15) is 40.5 Å². The predicted octanol–water partition coefficient (Wildman–Crippen LogP) is 3.19. The van der Waals surface area contributed by atoms with E-state index in [4.69, 9.17) is 16.3 Å². The molecule has 6 heteroatoms. The molecule has 0 spiro atoms. The number of halogens is 1. The molecule has 0 aliphatic carbocycles. The molecule has 2 heterocycles. The van der Waals surface area contributed by atoms with Crippen LogP contribution in [0.5, 0.6) is 6.01 Å². The molecule has 1 atom stereocenters. The van der Waals surface area contributed by atoms with Gasteiger partial charge in [0.05, 0.1) is 6.61 Å². The highest BCUT2D eigenvalue weighted by Gasteiger charge is 2.33. The molecule has 20 heavy (non-hydrogen) atoms. The molecule has 1 aliphatic heterocycles. The molecule has 1 fully saturated rings. The first-order valence-corrected chi connectivity index (χ1v) is 7.57. The van der Waals surface area contributed by atoms with E-state index in [2.05, 4.69) is 40.6 Å². The van der Waals surface area contributed by atoms with Gasteiger partial charge in [-0.2, -0.15) is 15.0 Å². The average molecular weight is 299 g/mol. The van der Waals surface area contributed by atoms with Crippen molar-refractivity contribution >= 4 is 17.5 Å². The molecule has 0 amide bonds. The second kappa shape index (κ2) is 6.12. The van der Waals surface area contributed by atoms with Crippen LogP contribution < -0.4 is 9.64 Å². The molecule has 5 nitrogen and oxygen atoms in total. The minimum atomic E-state index is 0.195. The van der Waals surface area contributed by atoms with Crippen LogP contribution in [0.4, 0.5) is 5.95 Å². The Morgan fingerprint density at radius 2 is 2.05 bits per heavy atom. The Balaban J connectivity index is 2.11. The van der Waals surface area contributed by atoms with Gasteiger partial charge in [0.15, 0.2) is 0 Å². The van der Waals surface area contributed by atoms with E-state index < -0.39 is 0 Å². The third-order valence-corrected chi connectivity index (χ3v) is 3.88. The zero-order valence-corrected chi connectivity index (χ0v) is 13.4. The lowest BCUT2D eigenvalue weighted by Crippen LogP contribution is -2.27. The van der Waals surface area contributed by atoms with Gasteiger partial charge < -0.3 is 9.64 Å². The van der Waals surface area contributed by atoms with Gasteiger partial charge in [-0.05, 0) is 35.8 Å². The highest BCUT2D eigenvalue weighted by atomic mass is 35.5. The van der Waals surface area contributed by atoms with Crippen molar-refractivity contribution < 1.29 is 4.74 Å². The number of hydrogen-bond acceptors (Lipinski definition) is 5. The van der Waals surface area contributed by atoms with E-state index in [0.717, 1.165) is 25.9 Å². The number of aromatic nitrogens is 3. The average Bonchev–Trinajstić information content (AvgIpc) is 2.85. The second-order valence-corrected chi connectivity index (χ2v) is 6.67. The Kier molecular flexibility index (Phi) is 4.68. The minimum Gasteiger partial charge on any atom is -0.463 e. The molecule has 1 saturated heterocycles. The van der Waals surface area contributed by atoms with Crippen LogP contribution in [0.2, 0.25) is 5.28 Å². The van der Waals surface area contributed by atoms with Gasteiger partial charge in [-0.25, -0.2) is 0 Å². The Hall–Kier alpha value is -1.10. The van der Waals surface area contributed by atoms with Gasteiger partial charge in [0.2, 0.25) is 11.2 Å². The number of hydrogen-bond donors (Lipinski definition) is 0. The molecular weight excluding hydrogens is 276 g/mol. The van der Waals surface area contributed by atoms with E-state index in [0.29, 0.717) is 29.9 Å². The maximum absolute atomic E-state index is 5.96. The van der Waals surface area contributed by atoms with Crippen molar-refractivity contribution in [3.8, 4) is 6.01 Å². The summed E-state index contributed by atoms with van der Waals surface area (Å²) in [7, 11) is 0. The van der Waals surface area contributed by atoms with Crippen molar-refractivity contribution in [2.24, 2.45) is 11.3 Å². The molecule has 1 unspecified atom stereocenters. The van der Waals surface area contributed by atoms with Gasteiger partial charge in [-0.3, -0.25) is 0 Å². The molecule has 112 valence electrons. The summed E-state index contributed by atoms with van der Waals surface area (Å²) in [5, 5.41) is 0.195. The summed E-state index contributed by atoms with van der Waals surface area (Å²) in [4.78, 5) is 14.8. The monoisotopic (exact) mass is 298 g/mol. The van der Waals surface area contributed by atoms with E-state index >= 15 is 0 Å². The maximum atomic E-state index is 5.96. The first-order valence-electron chi connectivity index (χ1n) is 7.19. The first-order chi connectivity index (χ1) is 9.40. The Morgan fingerprint density at radius 1 is 1.30 bits per heavy atom. The summed E-state index contributed by atoms with van der Waals surface area (Å²) in [5.74, 6) is 1.26. The van der Waals surface area contributed by atoms with Gasteiger partial charge in [0.1, 0.15) is 0 Å². The molecule has 2 rings (SSSR count). The summed E-state index contributed by atoms with van der Waals surface area (Å²) in [6.45, 7) is 11.4. The molecule has 1 aromatic rings. The van der Waals surface area contributed by atoms with E-state index in [1.807, 2.05) is 6.92 Å².